The highest BCUT2D eigenvalue weighted by atomic mass is 16.3. The van der Waals surface area contributed by atoms with Gasteiger partial charge in [-0.1, -0.05) is 13.8 Å². The van der Waals surface area contributed by atoms with Crippen LogP contribution in [-0.2, 0) is 0 Å². The van der Waals surface area contributed by atoms with Gasteiger partial charge < -0.3 is 10.2 Å². The van der Waals surface area contributed by atoms with Gasteiger partial charge in [0.05, 0.1) is 12.2 Å². The molecule has 0 amide bonds. The van der Waals surface area contributed by atoms with Crippen molar-refractivity contribution in [3.63, 3.8) is 0 Å². The second-order valence-corrected chi connectivity index (χ2v) is 2.94. The van der Waals surface area contributed by atoms with Crippen LogP contribution in [-0.4, -0.2) is 22.4 Å². The molecule has 2 nitrogen and oxygen atoms in total. The second kappa shape index (κ2) is 3.85. The van der Waals surface area contributed by atoms with Gasteiger partial charge in [0, 0.05) is 0 Å². The van der Waals surface area contributed by atoms with E-state index in [0.29, 0.717) is 12.3 Å². The first-order valence-corrected chi connectivity index (χ1v) is 3.40. The number of rotatable bonds is 3. The third-order valence-corrected chi connectivity index (χ3v) is 1.27. The van der Waals surface area contributed by atoms with Crippen molar-refractivity contribution in [1.29, 1.82) is 0 Å². The van der Waals surface area contributed by atoms with Crippen LogP contribution in [0.3, 0.4) is 0 Å². The Morgan fingerprint density at radius 2 is 1.56 bits per heavy atom. The molecule has 0 saturated heterocycles. The molecule has 0 aromatic rings. The summed E-state index contributed by atoms with van der Waals surface area (Å²) >= 11 is 0. The van der Waals surface area contributed by atoms with E-state index in [1.807, 2.05) is 13.8 Å². The summed E-state index contributed by atoms with van der Waals surface area (Å²) in [6.45, 7) is 5.64. The van der Waals surface area contributed by atoms with Crippen molar-refractivity contribution in [2.75, 3.05) is 0 Å². The Kier molecular flexibility index (Phi) is 3.82. The fourth-order valence-corrected chi connectivity index (χ4v) is 0.680. The van der Waals surface area contributed by atoms with Crippen LogP contribution in [0.4, 0.5) is 0 Å². The molecule has 0 rings (SSSR count). The van der Waals surface area contributed by atoms with E-state index in [-0.39, 0.29) is 0 Å². The lowest BCUT2D eigenvalue weighted by Gasteiger charge is -2.14. The van der Waals surface area contributed by atoms with Gasteiger partial charge in [-0.25, -0.2) is 0 Å². The largest absolute Gasteiger partial charge is 0.391 e. The van der Waals surface area contributed by atoms with E-state index in [9.17, 15) is 0 Å². The van der Waals surface area contributed by atoms with Crippen molar-refractivity contribution < 1.29 is 10.2 Å². The van der Waals surface area contributed by atoms with Gasteiger partial charge >= 0.3 is 0 Å². The van der Waals surface area contributed by atoms with Crippen LogP contribution in [0.25, 0.3) is 0 Å². The summed E-state index contributed by atoms with van der Waals surface area (Å²) in [6, 6.07) is 0. The molecular formula is C7H16O2. The van der Waals surface area contributed by atoms with Gasteiger partial charge in [-0.05, 0) is 19.3 Å². The van der Waals surface area contributed by atoms with Gasteiger partial charge in [0.1, 0.15) is 0 Å². The molecule has 0 bridgehead atoms. The summed E-state index contributed by atoms with van der Waals surface area (Å²) in [4.78, 5) is 0. The summed E-state index contributed by atoms with van der Waals surface area (Å²) in [7, 11) is 0. The minimum atomic E-state index is -0.590. The van der Waals surface area contributed by atoms with Crippen molar-refractivity contribution in [3.8, 4) is 0 Å². The Morgan fingerprint density at radius 1 is 1.11 bits per heavy atom. The normalized spacial score (nSPS) is 18.0. The minimum Gasteiger partial charge on any atom is -0.391 e. The standard InChI is InChI=1S/C7H16O2/c1-5(2)4-7(9)6(3)8/h5-9H,4H2,1-3H3/t6-,7-/m0/s1. The molecular weight excluding hydrogens is 116 g/mol. The van der Waals surface area contributed by atoms with Gasteiger partial charge in [-0.2, -0.15) is 0 Å². The Bertz CT molecular complexity index is 69.3. The van der Waals surface area contributed by atoms with E-state index in [0.717, 1.165) is 0 Å². The molecule has 0 aliphatic rings. The average Bonchev–Trinajstić information content (AvgIpc) is 1.63. The van der Waals surface area contributed by atoms with Crippen molar-refractivity contribution in [3.05, 3.63) is 0 Å². The SMILES string of the molecule is CC(C)C[C@H](O)[C@H](C)O. The van der Waals surface area contributed by atoms with Crippen molar-refractivity contribution in [2.45, 2.75) is 39.4 Å². The molecule has 0 aromatic heterocycles. The van der Waals surface area contributed by atoms with Crippen LogP contribution in [0.5, 0.6) is 0 Å². The summed E-state index contributed by atoms with van der Waals surface area (Å²) in [5.74, 6) is 0.453. The molecule has 0 aliphatic heterocycles. The zero-order valence-electron chi connectivity index (χ0n) is 6.33. The van der Waals surface area contributed by atoms with Crippen LogP contribution >= 0.6 is 0 Å². The summed E-state index contributed by atoms with van der Waals surface area (Å²) in [6.07, 6.45) is -0.463. The zero-order chi connectivity index (χ0) is 7.44. The van der Waals surface area contributed by atoms with Gasteiger partial charge in [0.15, 0.2) is 0 Å². The Hall–Kier alpha value is -0.0800. The van der Waals surface area contributed by atoms with Crippen LogP contribution in [0.1, 0.15) is 27.2 Å². The number of aliphatic hydroxyl groups is 2. The van der Waals surface area contributed by atoms with Gasteiger partial charge in [0.2, 0.25) is 0 Å². The van der Waals surface area contributed by atoms with Crippen LogP contribution in [0, 0.1) is 5.92 Å². The first-order valence-electron chi connectivity index (χ1n) is 3.40. The molecule has 56 valence electrons. The molecule has 0 unspecified atom stereocenters. The van der Waals surface area contributed by atoms with E-state index < -0.39 is 12.2 Å². The maximum absolute atomic E-state index is 9.05. The number of aliphatic hydroxyl groups excluding tert-OH is 2. The Morgan fingerprint density at radius 3 is 1.67 bits per heavy atom. The number of hydrogen-bond acceptors (Lipinski definition) is 2. The molecule has 0 saturated carbocycles. The average molecular weight is 132 g/mol. The fraction of sp³-hybridized carbons (Fsp3) is 1.00. The van der Waals surface area contributed by atoms with E-state index in [1.165, 1.54) is 0 Å². The van der Waals surface area contributed by atoms with E-state index in [2.05, 4.69) is 0 Å². The van der Waals surface area contributed by atoms with E-state index in [1.54, 1.807) is 6.92 Å². The third-order valence-electron chi connectivity index (χ3n) is 1.27. The van der Waals surface area contributed by atoms with Crippen LogP contribution < -0.4 is 0 Å². The molecule has 0 heterocycles. The van der Waals surface area contributed by atoms with Crippen molar-refractivity contribution in [2.24, 2.45) is 5.92 Å². The fourth-order valence-electron chi connectivity index (χ4n) is 0.680. The lowest BCUT2D eigenvalue weighted by atomic mass is 10.0. The minimum absolute atomic E-state index is 0.453. The molecule has 0 aromatic carbocycles. The number of hydrogen-bond donors (Lipinski definition) is 2. The molecule has 0 spiro atoms. The quantitative estimate of drug-likeness (QED) is 0.595. The smallest absolute Gasteiger partial charge is 0.0798 e. The summed E-state index contributed by atoms with van der Waals surface area (Å²) in [5.41, 5.74) is 0. The topological polar surface area (TPSA) is 40.5 Å². The Labute approximate surface area is 56.5 Å². The molecule has 2 atom stereocenters. The van der Waals surface area contributed by atoms with Crippen LogP contribution in [0.2, 0.25) is 0 Å². The lowest BCUT2D eigenvalue weighted by molar-refractivity contribution is 0.0188. The third kappa shape index (κ3) is 4.43. The molecule has 9 heavy (non-hydrogen) atoms. The highest BCUT2D eigenvalue weighted by Gasteiger charge is 2.11. The predicted octanol–water partition coefficient (Wildman–Crippen LogP) is 0.774. The second-order valence-electron chi connectivity index (χ2n) is 2.94. The highest BCUT2D eigenvalue weighted by Crippen LogP contribution is 2.06. The highest BCUT2D eigenvalue weighted by molar-refractivity contribution is 4.63. The van der Waals surface area contributed by atoms with Gasteiger partial charge in [-0.3, -0.25) is 0 Å². The van der Waals surface area contributed by atoms with E-state index >= 15 is 0 Å². The summed E-state index contributed by atoms with van der Waals surface area (Å²) in [5, 5.41) is 17.9. The van der Waals surface area contributed by atoms with E-state index in [4.69, 9.17) is 10.2 Å². The summed E-state index contributed by atoms with van der Waals surface area (Å²) < 4.78 is 0. The van der Waals surface area contributed by atoms with Crippen molar-refractivity contribution >= 4 is 0 Å². The predicted molar refractivity (Wildman–Crippen MR) is 37.1 cm³/mol. The first kappa shape index (κ1) is 8.92. The molecule has 0 aliphatic carbocycles. The molecule has 2 heteroatoms. The zero-order valence-corrected chi connectivity index (χ0v) is 6.33. The van der Waals surface area contributed by atoms with Gasteiger partial charge in [0.25, 0.3) is 0 Å². The first-order chi connectivity index (χ1) is 4.04. The monoisotopic (exact) mass is 132 g/mol. The molecule has 0 radical (unpaired) electrons. The van der Waals surface area contributed by atoms with Crippen LogP contribution in [0.15, 0.2) is 0 Å². The lowest BCUT2D eigenvalue weighted by Crippen LogP contribution is -2.23. The van der Waals surface area contributed by atoms with Gasteiger partial charge in [-0.15, -0.1) is 0 Å². The Balaban J connectivity index is 3.38. The maximum Gasteiger partial charge on any atom is 0.0798 e. The molecule has 2 N–H and O–H groups in total. The maximum atomic E-state index is 9.05. The molecule has 0 fully saturated rings. The van der Waals surface area contributed by atoms with Crippen molar-refractivity contribution in [1.82, 2.24) is 0 Å².